The van der Waals surface area contributed by atoms with Crippen molar-refractivity contribution in [3.63, 3.8) is 0 Å². The molecule has 3 aromatic rings. The molecular weight excluding hydrogens is 444 g/mol. The second-order valence-corrected chi connectivity index (χ2v) is 7.99. The molecule has 0 unspecified atom stereocenters. The van der Waals surface area contributed by atoms with Gasteiger partial charge in [-0.25, -0.2) is 4.98 Å². The smallest absolute Gasteiger partial charge is 0.293 e. The molecule has 33 heavy (non-hydrogen) atoms. The summed E-state index contributed by atoms with van der Waals surface area (Å²) in [5.74, 6) is 0.977. The molecule has 0 spiro atoms. The summed E-state index contributed by atoms with van der Waals surface area (Å²) in [5.41, 5.74) is 2.33. The molecule has 172 valence electrons. The molecule has 1 amide bonds. The second-order valence-electron chi connectivity index (χ2n) is 7.56. The summed E-state index contributed by atoms with van der Waals surface area (Å²) in [6, 6.07) is 14.4. The first kappa shape index (κ1) is 22.7. The summed E-state index contributed by atoms with van der Waals surface area (Å²) in [4.78, 5) is 37.6. The second kappa shape index (κ2) is 9.95. The molecule has 0 atom stereocenters. The van der Waals surface area contributed by atoms with Crippen LogP contribution in [0.3, 0.4) is 0 Å². The number of carbonyl (C=O) groups excluding carboxylic acids is 1. The van der Waals surface area contributed by atoms with Crippen LogP contribution >= 0.6 is 11.6 Å². The minimum atomic E-state index is -0.328. The summed E-state index contributed by atoms with van der Waals surface area (Å²) in [6.07, 6.45) is 0.478. The monoisotopic (exact) mass is 468 g/mol. The molecular formula is C24H25ClN4O4. The van der Waals surface area contributed by atoms with E-state index in [1.165, 1.54) is 7.11 Å². The topological polar surface area (TPSA) is 85.7 Å². The van der Waals surface area contributed by atoms with E-state index in [0.717, 1.165) is 16.0 Å². The molecule has 1 N–H and O–H groups in total. The number of rotatable bonds is 7. The number of aromatic nitrogens is 2. The summed E-state index contributed by atoms with van der Waals surface area (Å²) in [6.45, 7) is 3.65. The van der Waals surface area contributed by atoms with Gasteiger partial charge < -0.3 is 19.8 Å². The van der Waals surface area contributed by atoms with E-state index in [2.05, 4.69) is 10.3 Å². The van der Waals surface area contributed by atoms with Gasteiger partial charge >= 0.3 is 0 Å². The number of nitrogens with zero attached hydrogens (tertiary/aromatic N) is 3. The first-order valence-corrected chi connectivity index (χ1v) is 11.1. The van der Waals surface area contributed by atoms with E-state index in [1.54, 1.807) is 29.2 Å². The predicted molar refractivity (Wildman–Crippen MR) is 126 cm³/mol. The Labute approximate surface area is 196 Å². The molecule has 2 heterocycles. The van der Waals surface area contributed by atoms with E-state index in [1.807, 2.05) is 31.2 Å². The largest absolute Gasteiger partial charge is 0.494 e. The van der Waals surface area contributed by atoms with Crippen LogP contribution in [0.25, 0.3) is 0 Å². The Kier molecular flexibility index (Phi) is 6.84. The highest BCUT2D eigenvalue weighted by molar-refractivity contribution is 6.30. The Balaban J connectivity index is 1.52. The van der Waals surface area contributed by atoms with E-state index in [4.69, 9.17) is 21.2 Å². The third kappa shape index (κ3) is 4.96. The number of fused-ring (bicyclic) bond motifs is 1. The van der Waals surface area contributed by atoms with E-state index >= 15 is 0 Å². The Morgan fingerprint density at radius 2 is 1.88 bits per heavy atom. The summed E-state index contributed by atoms with van der Waals surface area (Å²) in [7, 11) is 1.41. The van der Waals surface area contributed by atoms with Gasteiger partial charge in [0.25, 0.3) is 11.5 Å². The number of benzene rings is 2. The molecule has 0 fully saturated rings. The van der Waals surface area contributed by atoms with E-state index < -0.39 is 0 Å². The molecule has 0 saturated carbocycles. The van der Waals surface area contributed by atoms with Crippen LogP contribution in [0.2, 0.25) is 5.02 Å². The number of carbonyl (C=O) groups is 1. The Morgan fingerprint density at radius 3 is 2.55 bits per heavy atom. The van der Waals surface area contributed by atoms with E-state index in [-0.39, 0.29) is 18.0 Å². The summed E-state index contributed by atoms with van der Waals surface area (Å²) >= 11 is 5.92. The van der Waals surface area contributed by atoms with Crippen LogP contribution in [0, 0.1) is 0 Å². The van der Waals surface area contributed by atoms with Gasteiger partial charge in [0.1, 0.15) is 12.9 Å². The lowest BCUT2D eigenvalue weighted by Crippen LogP contribution is -2.42. The maximum Gasteiger partial charge on any atom is 0.293 e. The molecule has 0 aliphatic carbocycles. The zero-order valence-electron chi connectivity index (χ0n) is 18.5. The number of nitrogens with one attached hydrogen (secondary N) is 1. The molecule has 4 rings (SSSR count). The van der Waals surface area contributed by atoms with Crippen LogP contribution in [0.1, 0.15) is 34.1 Å². The van der Waals surface area contributed by atoms with Crippen molar-refractivity contribution in [3.8, 4) is 5.75 Å². The average Bonchev–Trinajstić information content (AvgIpc) is 2.84. The lowest BCUT2D eigenvalue weighted by molar-refractivity contribution is 0.0728. The van der Waals surface area contributed by atoms with Gasteiger partial charge in [0.05, 0.1) is 24.4 Å². The fraction of sp³-hybridized carbons (Fsp3) is 0.292. The molecule has 8 nitrogen and oxygen atoms in total. The van der Waals surface area contributed by atoms with Crippen LogP contribution in [0.5, 0.6) is 5.75 Å². The molecule has 0 saturated heterocycles. The number of hydrogen-bond donors (Lipinski definition) is 1. The normalized spacial score (nSPS) is 12.8. The van der Waals surface area contributed by atoms with Gasteiger partial charge in [0.15, 0.2) is 0 Å². The fourth-order valence-corrected chi connectivity index (χ4v) is 3.87. The predicted octanol–water partition coefficient (Wildman–Crippen LogP) is 3.16. The van der Waals surface area contributed by atoms with Crippen molar-refractivity contribution < 1.29 is 14.4 Å². The van der Waals surface area contributed by atoms with Gasteiger partial charge in [0.2, 0.25) is 5.95 Å². The highest BCUT2D eigenvalue weighted by Crippen LogP contribution is 2.20. The van der Waals surface area contributed by atoms with Crippen LogP contribution in [-0.2, 0) is 19.5 Å². The van der Waals surface area contributed by atoms with Crippen LogP contribution < -0.4 is 20.5 Å². The lowest BCUT2D eigenvalue weighted by atomic mass is 10.1. The van der Waals surface area contributed by atoms with Gasteiger partial charge in [-0.05, 0) is 48.9 Å². The van der Waals surface area contributed by atoms with Crippen molar-refractivity contribution in [2.75, 3.05) is 25.6 Å². The van der Waals surface area contributed by atoms with Crippen LogP contribution in [0.4, 0.5) is 5.95 Å². The van der Waals surface area contributed by atoms with Gasteiger partial charge in [-0.1, -0.05) is 23.7 Å². The first-order valence-electron chi connectivity index (χ1n) is 10.7. The molecule has 0 bridgehead atoms. The number of anilines is 1. The zero-order valence-corrected chi connectivity index (χ0v) is 19.3. The van der Waals surface area contributed by atoms with Gasteiger partial charge in [-0.15, -0.1) is 4.73 Å². The standard InChI is InChI=1S/C24H25ClN4O4/c1-3-33-19-10-4-16(5-11-19)14-26-24-27-21-12-13-28(15-20(21)23(31)29(24)32-2)22(30)17-6-8-18(25)9-7-17/h4-11H,3,12-15H2,1-2H3,(H,26,27). The van der Waals surface area contributed by atoms with Crippen molar-refractivity contribution in [2.24, 2.45) is 0 Å². The zero-order chi connectivity index (χ0) is 23.4. The average molecular weight is 469 g/mol. The molecule has 1 aromatic heterocycles. The highest BCUT2D eigenvalue weighted by atomic mass is 35.5. The van der Waals surface area contributed by atoms with Crippen molar-refractivity contribution in [1.29, 1.82) is 0 Å². The van der Waals surface area contributed by atoms with Crippen LogP contribution in [-0.4, -0.2) is 40.8 Å². The molecule has 2 aromatic carbocycles. The van der Waals surface area contributed by atoms with E-state index in [9.17, 15) is 9.59 Å². The van der Waals surface area contributed by atoms with Crippen molar-refractivity contribution >= 4 is 23.5 Å². The lowest BCUT2D eigenvalue weighted by Gasteiger charge is -2.28. The molecule has 0 radical (unpaired) electrons. The maximum atomic E-state index is 13.1. The quantitative estimate of drug-likeness (QED) is 0.573. The van der Waals surface area contributed by atoms with Crippen LogP contribution in [0.15, 0.2) is 53.3 Å². The summed E-state index contributed by atoms with van der Waals surface area (Å²) in [5, 5.41) is 3.74. The van der Waals surface area contributed by atoms with Gasteiger partial charge in [-0.2, -0.15) is 0 Å². The maximum absolute atomic E-state index is 13.1. The third-order valence-corrected chi connectivity index (χ3v) is 5.69. The van der Waals surface area contributed by atoms with Crippen molar-refractivity contribution in [1.82, 2.24) is 14.6 Å². The Morgan fingerprint density at radius 1 is 1.15 bits per heavy atom. The van der Waals surface area contributed by atoms with Crippen molar-refractivity contribution in [3.05, 3.63) is 86.3 Å². The molecule has 1 aliphatic rings. The third-order valence-electron chi connectivity index (χ3n) is 5.44. The highest BCUT2D eigenvalue weighted by Gasteiger charge is 2.27. The molecule has 1 aliphatic heterocycles. The SMILES string of the molecule is CCOc1ccc(CNc2nc3c(c(=O)n2OC)CN(C(=O)c2ccc(Cl)cc2)CC3)cc1. The molecule has 9 heteroatoms. The minimum Gasteiger partial charge on any atom is -0.494 e. The van der Waals surface area contributed by atoms with Crippen molar-refractivity contribution in [2.45, 2.75) is 26.4 Å². The fourth-order valence-electron chi connectivity index (χ4n) is 3.74. The number of hydrogen-bond acceptors (Lipinski definition) is 6. The Bertz CT molecular complexity index is 1190. The number of amides is 1. The van der Waals surface area contributed by atoms with Gasteiger partial charge in [-0.3, -0.25) is 9.59 Å². The Hall–Kier alpha value is -3.52. The minimum absolute atomic E-state index is 0.154. The first-order chi connectivity index (χ1) is 16.0. The van der Waals surface area contributed by atoms with E-state index in [0.29, 0.717) is 53.9 Å². The number of ether oxygens (including phenoxy) is 1. The number of halogens is 1. The van der Waals surface area contributed by atoms with Gasteiger partial charge in [0, 0.05) is 30.1 Å². The summed E-state index contributed by atoms with van der Waals surface area (Å²) < 4.78 is 6.59.